The molecule has 0 spiro atoms. The summed E-state index contributed by atoms with van der Waals surface area (Å²) >= 11 is 1.82. The molecule has 43 heavy (non-hydrogen) atoms. The minimum Gasteiger partial charge on any atom is -0.463 e. The van der Waals surface area contributed by atoms with Gasteiger partial charge in [0.25, 0.3) is 0 Å². The molecule has 0 unspecified atom stereocenters. The largest absolute Gasteiger partial charge is 0.463 e. The first-order valence-electron chi connectivity index (χ1n) is 12.7. The van der Waals surface area contributed by atoms with Crippen LogP contribution in [-0.2, 0) is 71.4 Å². The van der Waals surface area contributed by atoms with E-state index in [1.807, 2.05) is 22.6 Å². The minimum atomic E-state index is -1.67. The van der Waals surface area contributed by atoms with Gasteiger partial charge in [-0.1, -0.05) is 27.7 Å². The van der Waals surface area contributed by atoms with E-state index in [0.717, 1.165) is 41.5 Å². The van der Waals surface area contributed by atoms with E-state index in [-0.39, 0.29) is 0 Å². The van der Waals surface area contributed by atoms with Crippen molar-refractivity contribution in [2.45, 2.75) is 101 Å². The van der Waals surface area contributed by atoms with Gasteiger partial charge in [0, 0.05) is 46.5 Å². The number of carbonyl (C=O) groups is 6. The number of rotatable bonds is 11. The van der Waals surface area contributed by atoms with Crippen LogP contribution < -0.4 is 0 Å². The van der Waals surface area contributed by atoms with Crippen molar-refractivity contribution in [3.63, 3.8) is 0 Å². The summed E-state index contributed by atoms with van der Waals surface area (Å²) < 4.78 is 49.0. The third-order valence-corrected chi connectivity index (χ3v) is 7.07. The normalized spacial score (nSPS) is 31.8. The highest BCUT2D eigenvalue weighted by Gasteiger charge is 2.56. The molecule has 2 heterocycles. The molecule has 19 heteroatoms. The first-order chi connectivity index (χ1) is 20.1. The highest BCUT2D eigenvalue weighted by Crippen LogP contribution is 2.36. The van der Waals surface area contributed by atoms with Crippen LogP contribution in [0.3, 0.4) is 0 Å². The second-order valence-electron chi connectivity index (χ2n) is 9.26. The number of hydrogen-bond donors (Lipinski definition) is 0. The topological polar surface area (TPSA) is 234 Å². The van der Waals surface area contributed by atoms with Crippen LogP contribution in [0.2, 0.25) is 0 Å². The van der Waals surface area contributed by atoms with E-state index in [2.05, 4.69) is 10.0 Å². The van der Waals surface area contributed by atoms with Gasteiger partial charge in [-0.15, -0.1) is 0 Å². The lowest BCUT2D eigenvalue weighted by Crippen LogP contribution is -2.66. The number of nitrogens with zero attached hydrogens (tertiary/aromatic N) is 3. The zero-order valence-electron chi connectivity index (χ0n) is 24.0. The fraction of sp³-hybridized carbons (Fsp3) is 0.750. The van der Waals surface area contributed by atoms with Crippen molar-refractivity contribution in [2.24, 2.45) is 5.11 Å². The van der Waals surface area contributed by atoms with Gasteiger partial charge in [-0.2, -0.15) is 0 Å². The summed E-state index contributed by atoms with van der Waals surface area (Å²) in [6, 6.07) is 0. The fourth-order valence-electron chi connectivity index (χ4n) is 4.30. The van der Waals surface area contributed by atoms with Gasteiger partial charge in [0.05, 0.1) is 3.92 Å². The summed E-state index contributed by atoms with van der Waals surface area (Å²) in [5, 5.41) is 3.58. The highest BCUT2D eigenvalue weighted by molar-refractivity contribution is 14.1. The van der Waals surface area contributed by atoms with Crippen LogP contribution in [-0.4, -0.2) is 108 Å². The van der Waals surface area contributed by atoms with E-state index in [1.165, 1.54) is 0 Å². The Kier molecular flexibility index (Phi) is 13.8. The summed E-state index contributed by atoms with van der Waals surface area (Å²) in [5.41, 5.74) is 9.03. The van der Waals surface area contributed by atoms with E-state index in [0.29, 0.717) is 0 Å². The lowest BCUT2D eigenvalue weighted by molar-refractivity contribution is -0.336. The molecule has 0 saturated carbocycles. The predicted octanol–water partition coefficient (Wildman–Crippen LogP) is 0.788. The summed E-state index contributed by atoms with van der Waals surface area (Å²) in [7, 11) is 0. The van der Waals surface area contributed by atoms with Gasteiger partial charge in [-0.25, -0.2) is 0 Å². The molecule has 2 fully saturated rings. The lowest BCUT2D eigenvalue weighted by atomic mass is 9.96. The van der Waals surface area contributed by atoms with E-state index in [1.54, 1.807) is 0 Å². The smallest absolute Gasteiger partial charge is 0.303 e. The van der Waals surface area contributed by atoms with Gasteiger partial charge in [0.1, 0.15) is 37.6 Å². The molecule has 0 aromatic rings. The molecule has 0 aromatic heterocycles. The van der Waals surface area contributed by atoms with E-state index < -0.39 is 108 Å². The molecule has 0 N–H and O–H groups in total. The van der Waals surface area contributed by atoms with E-state index in [4.69, 9.17) is 48.2 Å². The molecule has 10 atom stereocenters. The summed E-state index contributed by atoms with van der Waals surface area (Å²) in [5.74, 6) is -4.73. The van der Waals surface area contributed by atoms with Crippen LogP contribution in [0.4, 0.5) is 0 Å². The Balaban J connectivity index is 2.63. The number of alkyl halides is 1. The maximum absolute atomic E-state index is 12.2. The molecule has 0 amide bonds. The molecule has 2 aliphatic heterocycles. The Bertz CT molecular complexity index is 1120. The molecule has 18 nitrogen and oxygen atoms in total. The van der Waals surface area contributed by atoms with Crippen molar-refractivity contribution >= 4 is 58.4 Å². The molecule has 0 aromatic carbocycles. The number of carbonyl (C=O) groups excluding carboxylic acids is 6. The molecule has 2 aliphatic rings. The highest BCUT2D eigenvalue weighted by atomic mass is 127. The summed E-state index contributed by atoms with van der Waals surface area (Å²) in [6.07, 6.45) is -12.6. The van der Waals surface area contributed by atoms with E-state index >= 15 is 0 Å². The summed E-state index contributed by atoms with van der Waals surface area (Å²) in [4.78, 5) is 74.4. The Hall–Kier alpha value is -3.26. The zero-order chi connectivity index (χ0) is 32.4. The third-order valence-electron chi connectivity index (χ3n) is 5.75. The monoisotopic (exact) mass is 729 g/mol. The molecule has 2 saturated heterocycles. The fourth-order valence-corrected chi connectivity index (χ4v) is 5.17. The van der Waals surface area contributed by atoms with Crippen molar-refractivity contribution < 1.29 is 71.4 Å². The minimum absolute atomic E-state index is 0.468. The van der Waals surface area contributed by atoms with Gasteiger partial charge >= 0.3 is 35.8 Å². The van der Waals surface area contributed by atoms with Crippen molar-refractivity contribution in [1.29, 1.82) is 0 Å². The second-order valence-corrected chi connectivity index (χ2v) is 10.7. The summed E-state index contributed by atoms with van der Waals surface area (Å²) in [6.45, 7) is 5.56. The first kappa shape index (κ1) is 35.9. The van der Waals surface area contributed by atoms with Gasteiger partial charge in [0.2, 0.25) is 0 Å². The molecule has 0 radical (unpaired) electrons. The van der Waals surface area contributed by atoms with Crippen LogP contribution >= 0.6 is 22.6 Å². The maximum atomic E-state index is 12.2. The van der Waals surface area contributed by atoms with Gasteiger partial charge in [-0.3, -0.25) is 28.8 Å². The average molecular weight is 729 g/mol. The Morgan fingerprint density at radius 2 is 1.09 bits per heavy atom. The first-order valence-corrected chi connectivity index (χ1v) is 14.0. The standard InChI is InChI=1S/C24H32IN3O15/c1-9(29)35-7-15-18(20(38-12(4)32)17(25)23(41-15)27-28-26)43-24-22(40-14(6)34)21(39-13(5)33)19(37-11(3)31)16(42-24)8-36-10(2)30/h15-24H,7-8H2,1-6H3/t15-,16-,17+,18-,19+,20-,21+,22-,23+,24+/m1/s1. The predicted molar refractivity (Wildman–Crippen MR) is 145 cm³/mol. The van der Waals surface area contributed by atoms with Crippen molar-refractivity contribution in [3.8, 4) is 0 Å². The molecule has 240 valence electrons. The van der Waals surface area contributed by atoms with Crippen molar-refractivity contribution in [3.05, 3.63) is 10.4 Å². The molecule has 0 aliphatic carbocycles. The number of azide groups is 1. The Labute approximate surface area is 259 Å². The van der Waals surface area contributed by atoms with Crippen LogP contribution in [0, 0.1) is 0 Å². The number of esters is 6. The number of halogens is 1. The molecular formula is C24H32IN3O15. The molecule has 0 bridgehead atoms. The molecular weight excluding hydrogens is 697 g/mol. The SMILES string of the molecule is CC(=O)OC[C@H]1O[C@@H](O[C@H]2[C@H](OC(C)=O)[C@H](I)[C@@H](N=[N+]=[N-])O[C@@H]2COC(C)=O)[C@H](OC(C)=O)[C@@H](OC(C)=O)[C@H]1OC(C)=O. The van der Waals surface area contributed by atoms with Gasteiger partial charge in [0.15, 0.2) is 30.8 Å². The Morgan fingerprint density at radius 1 is 0.651 bits per heavy atom. The number of ether oxygens (including phenoxy) is 9. The maximum Gasteiger partial charge on any atom is 0.303 e. The van der Waals surface area contributed by atoms with Gasteiger partial charge in [-0.05, 0) is 5.53 Å². The second kappa shape index (κ2) is 16.6. The van der Waals surface area contributed by atoms with Crippen molar-refractivity contribution in [2.75, 3.05) is 13.2 Å². The number of hydrogen-bond acceptors (Lipinski definition) is 16. The van der Waals surface area contributed by atoms with Gasteiger partial charge < -0.3 is 42.6 Å². The lowest BCUT2D eigenvalue weighted by Gasteiger charge is -2.48. The quantitative estimate of drug-likeness (QED) is 0.0544. The average Bonchev–Trinajstić information content (AvgIpc) is 2.88. The molecule has 2 rings (SSSR count). The van der Waals surface area contributed by atoms with Crippen molar-refractivity contribution in [1.82, 2.24) is 0 Å². The van der Waals surface area contributed by atoms with Crippen LogP contribution in [0.1, 0.15) is 41.5 Å². The Morgan fingerprint density at radius 3 is 1.56 bits per heavy atom. The van der Waals surface area contributed by atoms with E-state index in [9.17, 15) is 28.8 Å². The third kappa shape index (κ3) is 10.8. The van der Waals surface area contributed by atoms with Crippen LogP contribution in [0.5, 0.6) is 0 Å². The van der Waals surface area contributed by atoms with Crippen LogP contribution in [0.25, 0.3) is 10.4 Å². The van der Waals surface area contributed by atoms with Crippen LogP contribution in [0.15, 0.2) is 5.11 Å². The zero-order valence-corrected chi connectivity index (χ0v) is 26.2.